The summed E-state index contributed by atoms with van der Waals surface area (Å²) < 4.78 is 6.10. The van der Waals surface area contributed by atoms with E-state index in [9.17, 15) is 19.8 Å². The number of ether oxygens (including phenoxy) is 1. The van der Waals surface area contributed by atoms with E-state index in [4.69, 9.17) is 15.9 Å². The molecule has 1 aliphatic rings. The number of aliphatic hydroxyl groups is 2. The third kappa shape index (κ3) is 3.60. The summed E-state index contributed by atoms with van der Waals surface area (Å²) in [7, 11) is 0. The second-order valence-corrected chi connectivity index (χ2v) is 6.66. The number of nitrogens with two attached hydrogens (primary N) is 1. The Hall–Kier alpha value is -2.33. The molecular formula is C14H18N4O5S. The fourth-order valence-electron chi connectivity index (χ4n) is 1.95. The maximum Gasteiger partial charge on any atom is 0.352 e. The standard InChI is InChI=1S/C14H18N4O5S/c1-6(2)9(16)13(21)23-5-7-10(19)11(20)12(24-7)18-4-3-8(15)17-14(18)22/h3-4,6,11-12,16,19-20H,5H2,1-2H3,(H2,15,17,22)/t11?,12-/m1/s1. The fourth-order valence-corrected chi connectivity index (χ4v) is 3.14. The van der Waals surface area contributed by atoms with Gasteiger partial charge in [-0.05, 0) is 6.07 Å². The SMILES string of the molecule is CC(C)C(=N)C(=O)OCC1=C(O)C(O)[C@H](n2ccc(N)nc2=O)S1. The van der Waals surface area contributed by atoms with E-state index in [1.54, 1.807) is 13.8 Å². The minimum Gasteiger partial charge on any atom is -0.508 e. The van der Waals surface area contributed by atoms with Crippen LogP contribution in [-0.4, -0.2) is 44.2 Å². The van der Waals surface area contributed by atoms with Crippen molar-refractivity contribution in [2.45, 2.75) is 25.3 Å². The first kappa shape index (κ1) is 18.0. The zero-order valence-corrected chi connectivity index (χ0v) is 13.9. The van der Waals surface area contributed by atoms with E-state index in [0.29, 0.717) is 0 Å². The maximum absolute atomic E-state index is 11.9. The van der Waals surface area contributed by atoms with Gasteiger partial charge in [-0.25, -0.2) is 9.59 Å². The van der Waals surface area contributed by atoms with E-state index in [1.165, 1.54) is 12.3 Å². The zero-order chi connectivity index (χ0) is 18.0. The van der Waals surface area contributed by atoms with Gasteiger partial charge in [0, 0.05) is 12.1 Å². The quantitative estimate of drug-likeness (QED) is 0.438. The molecule has 1 unspecified atom stereocenters. The van der Waals surface area contributed by atoms with Crippen molar-refractivity contribution in [3.63, 3.8) is 0 Å². The van der Waals surface area contributed by atoms with Crippen molar-refractivity contribution in [2.24, 2.45) is 5.92 Å². The first-order valence-electron chi connectivity index (χ1n) is 7.09. The van der Waals surface area contributed by atoms with Crippen LogP contribution >= 0.6 is 11.8 Å². The van der Waals surface area contributed by atoms with Crippen LogP contribution in [0.15, 0.2) is 27.7 Å². The van der Waals surface area contributed by atoms with Gasteiger partial charge in [0.15, 0.2) is 0 Å². The molecule has 0 aromatic carbocycles. The summed E-state index contributed by atoms with van der Waals surface area (Å²) in [5, 5.41) is 26.8. The molecule has 24 heavy (non-hydrogen) atoms. The lowest BCUT2D eigenvalue weighted by molar-refractivity contribution is -0.134. The Morgan fingerprint density at radius 3 is 2.83 bits per heavy atom. The van der Waals surface area contributed by atoms with E-state index < -0.39 is 23.1 Å². The number of esters is 1. The van der Waals surface area contributed by atoms with Gasteiger partial charge in [-0.15, -0.1) is 0 Å². The van der Waals surface area contributed by atoms with Crippen LogP contribution in [0.3, 0.4) is 0 Å². The maximum atomic E-state index is 11.9. The van der Waals surface area contributed by atoms with Crippen LogP contribution in [0.2, 0.25) is 0 Å². The molecule has 5 N–H and O–H groups in total. The predicted octanol–water partition coefficient (Wildman–Crippen LogP) is 0.420. The van der Waals surface area contributed by atoms with Crippen molar-refractivity contribution in [1.82, 2.24) is 9.55 Å². The summed E-state index contributed by atoms with van der Waals surface area (Å²) in [5.74, 6) is -1.41. The average Bonchev–Trinajstić information content (AvgIpc) is 2.80. The molecule has 1 aliphatic heterocycles. The van der Waals surface area contributed by atoms with Gasteiger partial charge in [0.05, 0.1) is 4.91 Å². The first-order valence-corrected chi connectivity index (χ1v) is 7.97. The van der Waals surface area contributed by atoms with E-state index in [0.717, 1.165) is 16.3 Å². The molecule has 1 aromatic rings. The highest BCUT2D eigenvalue weighted by molar-refractivity contribution is 8.03. The lowest BCUT2D eigenvalue weighted by Gasteiger charge is -2.16. The molecule has 1 aromatic heterocycles. The van der Waals surface area contributed by atoms with E-state index in [2.05, 4.69) is 4.98 Å². The molecule has 0 saturated heterocycles. The number of anilines is 1. The molecule has 0 bridgehead atoms. The lowest BCUT2D eigenvalue weighted by atomic mass is 10.1. The van der Waals surface area contributed by atoms with E-state index in [1.807, 2.05) is 0 Å². The van der Waals surface area contributed by atoms with Crippen molar-refractivity contribution in [3.8, 4) is 0 Å². The number of nitrogens with zero attached hydrogens (tertiary/aromatic N) is 2. The van der Waals surface area contributed by atoms with Gasteiger partial charge in [0.25, 0.3) is 0 Å². The number of aliphatic hydroxyl groups excluding tert-OH is 2. The Morgan fingerprint density at radius 1 is 1.58 bits per heavy atom. The lowest BCUT2D eigenvalue weighted by Crippen LogP contribution is -2.30. The number of carbonyl (C=O) groups is 1. The molecule has 2 rings (SSSR count). The van der Waals surface area contributed by atoms with E-state index in [-0.39, 0.29) is 34.7 Å². The minimum absolute atomic E-state index is 0.0484. The molecule has 0 fully saturated rings. The predicted molar refractivity (Wildman–Crippen MR) is 88.7 cm³/mol. The molecule has 0 spiro atoms. The van der Waals surface area contributed by atoms with Crippen LogP contribution in [0.4, 0.5) is 5.82 Å². The van der Waals surface area contributed by atoms with Crippen LogP contribution < -0.4 is 11.4 Å². The first-order chi connectivity index (χ1) is 11.2. The molecular weight excluding hydrogens is 336 g/mol. The zero-order valence-electron chi connectivity index (χ0n) is 13.1. The monoisotopic (exact) mass is 354 g/mol. The van der Waals surface area contributed by atoms with Crippen molar-refractivity contribution < 1.29 is 19.7 Å². The number of nitrogen functional groups attached to an aromatic ring is 1. The van der Waals surface area contributed by atoms with Gasteiger partial charge in [-0.3, -0.25) is 9.98 Å². The second kappa shape index (κ2) is 7.05. The Labute approximate surface area is 141 Å². The number of hydrogen-bond donors (Lipinski definition) is 4. The van der Waals surface area contributed by atoms with Gasteiger partial charge in [-0.1, -0.05) is 25.6 Å². The van der Waals surface area contributed by atoms with Gasteiger partial charge in [0.2, 0.25) is 0 Å². The summed E-state index contributed by atoms with van der Waals surface area (Å²) >= 11 is 0.976. The molecule has 0 saturated carbocycles. The van der Waals surface area contributed by atoms with Crippen molar-refractivity contribution in [3.05, 3.63) is 33.4 Å². The summed E-state index contributed by atoms with van der Waals surface area (Å²) in [5.41, 5.74) is 4.56. The number of thioether (sulfide) groups is 1. The van der Waals surface area contributed by atoms with Crippen LogP contribution in [0.25, 0.3) is 0 Å². The summed E-state index contributed by atoms with van der Waals surface area (Å²) in [6, 6.07) is 1.40. The number of nitrogens with one attached hydrogen (secondary N) is 1. The van der Waals surface area contributed by atoms with Crippen LogP contribution in [0, 0.1) is 11.3 Å². The fraction of sp³-hybridized carbons (Fsp3) is 0.429. The molecule has 0 radical (unpaired) electrons. The summed E-state index contributed by atoms with van der Waals surface area (Å²) in [4.78, 5) is 27.3. The topological polar surface area (TPSA) is 152 Å². The molecule has 0 amide bonds. The largest absolute Gasteiger partial charge is 0.508 e. The highest BCUT2D eigenvalue weighted by Crippen LogP contribution is 2.43. The van der Waals surface area contributed by atoms with Gasteiger partial charge < -0.3 is 20.7 Å². The number of rotatable bonds is 5. The Balaban J connectivity index is 2.10. The van der Waals surface area contributed by atoms with E-state index >= 15 is 0 Å². The minimum atomic E-state index is -1.35. The Bertz CT molecular complexity index is 758. The Morgan fingerprint density at radius 2 is 2.25 bits per heavy atom. The Kier molecular flexibility index (Phi) is 5.30. The summed E-state index contributed by atoms with van der Waals surface area (Å²) in [6.07, 6.45) is 0.0127. The number of hydrogen-bond acceptors (Lipinski definition) is 9. The van der Waals surface area contributed by atoms with Gasteiger partial charge in [-0.2, -0.15) is 4.98 Å². The van der Waals surface area contributed by atoms with Crippen molar-refractivity contribution in [1.29, 1.82) is 5.41 Å². The number of aromatic nitrogens is 2. The highest BCUT2D eigenvalue weighted by Gasteiger charge is 2.37. The van der Waals surface area contributed by atoms with Gasteiger partial charge >= 0.3 is 11.7 Å². The number of carbonyl (C=O) groups excluding carboxylic acids is 1. The summed E-state index contributed by atoms with van der Waals surface area (Å²) in [6.45, 7) is 3.07. The normalized spacial score (nSPS) is 20.5. The molecule has 2 heterocycles. The average molecular weight is 354 g/mol. The third-order valence-electron chi connectivity index (χ3n) is 3.36. The molecule has 9 nitrogen and oxygen atoms in total. The van der Waals surface area contributed by atoms with Crippen LogP contribution in [0.1, 0.15) is 19.2 Å². The third-order valence-corrected chi connectivity index (χ3v) is 4.69. The van der Waals surface area contributed by atoms with Crippen LogP contribution in [-0.2, 0) is 9.53 Å². The molecule has 0 aliphatic carbocycles. The molecule has 10 heteroatoms. The van der Waals surface area contributed by atoms with Crippen molar-refractivity contribution >= 4 is 29.3 Å². The highest BCUT2D eigenvalue weighted by atomic mass is 32.2. The van der Waals surface area contributed by atoms with Crippen molar-refractivity contribution in [2.75, 3.05) is 12.3 Å². The van der Waals surface area contributed by atoms with Crippen LogP contribution in [0.5, 0.6) is 0 Å². The second-order valence-electron chi connectivity index (χ2n) is 5.45. The molecule has 130 valence electrons. The van der Waals surface area contributed by atoms with Gasteiger partial charge in [0.1, 0.15) is 35.4 Å². The smallest absolute Gasteiger partial charge is 0.352 e. The molecule has 2 atom stereocenters.